The predicted octanol–water partition coefficient (Wildman–Crippen LogP) is 1.69. The van der Waals surface area contributed by atoms with E-state index in [-0.39, 0.29) is 10.7 Å². The van der Waals surface area contributed by atoms with Gasteiger partial charge >= 0.3 is 11.9 Å². The molecule has 1 N–H and O–H groups in total. The van der Waals surface area contributed by atoms with Crippen molar-refractivity contribution in [1.82, 2.24) is 9.97 Å². The lowest BCUT2D eigenvalue weighted by Crippen LogP contribution is -2.03. The molecule has 0 amide bonds. The number of hydrogen-bond acceptors (Lipinski definition) is 6. The lowest BCUT2D eigenvalue weighted by Gasteiger charge is -1.96. The number of carboxylic acid groups (broad SMARTS) is 1. The summed E-state index contributed by atoms with van der Waals surface area (Å²) in [5, 5.41) is 9.05. The number of aromatic nitrogens is 2. The molecule has 0 fully saturated rings. The fourth-order valence-corrected chi connectivity index (χ4v) is 2.26. The zero-order chi connectivity index (χ0) is 13.1. The number of hydrogen-bond donors (Lipinski definition) is 1. The molecule has 0 aliphatic carbocycles. The van der Waals surface area contributed by atoms with E-state index in [2.05, 4.69) is 14.7 Å². The summed E-state index contributed by atoms with van der Waals surface area (Å²) in [6, 6.07) is 5.10. The van der Waals surface area contributed by atoms with Gasteiger partial charge in [-0.25, -0.2) is 14.6 Å². The van der Waals surface area contributed by atoms with E-state index in [9.17, 15) is 9.59 Å². The number of carbonyl (C=O) groups is 2. The van der Waals surface area contributed by atoms with Gasteiger partial charge in [0.1, 0.15) is 0 Å². The van der Waals surface area contributed by atoms with Crippen molar-refractivity contribution in [3.63, 3.8) is 0 Å². The van der Waals surface area contributed by atoms with E-state index in [1.54, 1.807) is 24.4 Å². The molecule has 0 bridgehead atoms. The first kappa shape index (κ1) is 12.2. The summed E-state index contributed by atoms with van der Waals surface area (Å²) in [7, 11) is 1.21. The highest BCUT2D eigenvalue weighted by Crippen LogP contribution is 2.29. The smallest absolute Gasteiger partial charge is 0.367 e. The Morgan fingerprint density at radius 1 is 1.39 bits per heavy atom. The topological polar surface area (TPSA) is 89.4 Å². The van der Waals surface area contributed by atoms with E-state index in [0.717, 1.165) is 11.3 Å². The maximum atomic E-state index is 11.3. The van der Waals surface area contributed by atoms with Crippen molar-refractivity contribution >= 4 is 23.3 Å². The van der Waals surface area contributed by atoms with Gasteiger partial charge < -0.3 is 9.84 Å². The number of aromatic carboxylic acids is 1. The number of nitrogens with zero attached hydrogens (tertiary/aromatic N) is 2. The van der Waals surface area contributed by atoms with Crippen LogP contribution in [0.3, 0.4) is 0 Å². The normalized spacial score (nSPS) is 10.1. The van der Waals surface area contributed by atoms with Gasteiger partial charge in [0.2, 0.25) is 5.01 Å². The highest BCUT2D eigenvalue weighted by atomic mass is 32.1. The van der Waals surface area contributed by atoms with E-state index in [1.807, 2.05) is 0 Å². The number of methoxy groups -OCH3 is 1. The second kappa shape index (κ2) is 4.92. The van der Waals surface area contributed by atoms with E-state index in [1.165, 1.54) is 7.11 Å². The molecule has 6 nitrogen and oxygen atoms in total. The van der Waals surface area contributed by atoms with Crippen molar-refractivity contribution < 1.29 is 19.4 Å². The Bertz CT molecular complexity index is 594. The monoisotopic (exact) mass is 264 g/mol. The van der Waals surface area contributed by atoms with Crippen molar-refractivity contribution in [3.8, 4) is 10.6 Å². The number of carbonyl (C=O) groups excluding carboxylic acids is 1. The van der Waals surface area contributed by atoms with Gasteiger partial charge in [-0.2, -0.15) is 0 Å². The first-order valence-electron chi connectivity index (χ1n) is 4.87. The van der Waals surface area contributed by atoms with Crippen molar-refractivity contribution in [2.45, 2.75) is 0 Å². The van der Waals surface area contributed by atoms with Gasteiger partial charge in [-0.15, -0.1) is 11.3 Å². The summed E-state index contributed by atoms with van der Waals surface area (Å²) in [5.41, 5.74) is 0.265. The quantitative estimate of drug-likeness (QED) is 0.848. The molecule has 2 aromatic heterocycles. The summed E-state index contributed by atoms with van der Waals surface area (Å²) >= 11 is 0.945. The van der Waals surface area contributed by atoms with Gasteiger partial charge in [-0.3, -0.25) is 4.98 Å². The maximum Gasteiger partial charge on any atom is 0.367 e. The Labute approximate surface area is 106 Å². The highest BCUT2D eigenvalue weighted by Gasteiger charge is 2.23. The van der Waals surface area contributed by atoms with Gasteiger partial charge in [-0.05, 0) is 12.1 Å². The molecule has 0 aromatic carbocycles. The zero-order valence-corrected chi connectivity index (χ0v) is 10.1. The predicted molar refractivity (Wildman–Crippen MR) is 63.6 cm³/mol. The Morgan fingerprint density at radius 2 is 2.17 bits per heavy atom. The minimum Gasteiger partial charge on any atom is -0.476 e. The number of esters is 1. The number of thiazole rings is 1. The van der Waals surface area contributed by atoms with Crippen LogP contribution in [0, 0.1) is 0 Å². The summed E-state index contributed by atoms with van der Waals surface area (Å²) in [6.45, 7) is 0. The Balaban J connectivity index is 2.56. The van der Waals surface area contributed by atoms with E-state index >= 15 is 0 Å². The van der Waals surface area contributed by atoms with Gasteiger partial charge in [-0.1, -0.05) is 6.07 Å². The first-order valence-corrected chi connectivity index (χ1v) is 5.69. The van der Waals surface area contributed by atoms with Crippen LogP contribution in [0.1, 0.15) is 20.3 Å². The molecule has 2 rings (SSSR count). The van der Waals surface area contributed by atoms with E-state index < -0.39 is 11.9 Å². The van der Waals surface area contributed by atoms with Crippen molar-refractivity contribution in [2.24, 2.45) is 0 Å². The Morgan fingerprint density at radius 3 is 2.72 bits per heavy atom. The molecule has 7 heteroatoms. The number of rotatable bonds is 3. The summed E-state index contributed by atoms with van der Waals surface area (Å²) in [6.07, 6.45) is 1.54. The molecular formula is C11H8N2O4S. The molecule has 0 aliphatic heterocycles. The molecule has 0 saturated carbocycles. The average molecular weight is 264 g/mol. The third-order valence-corrected chi connectivity index (χ3v) is 3.15. The van der Waals surface area contributed by atoms with Gasteiger partial charge in [0, 0.05) is 6.20 Å². The molecule has 0 saturated heterocycles. The van der Waals surface area contributed by atoms with Gasteiger partial charge in [0.15, 0.2) is 5.69 Å². The van der Waals surface area contributed by atoms with Crippen LogP contribution in [0.5, 0.6) is 0 Å². The van der Waals surface area contributed by atoms with E-state index in [4.69, 9.17) is 5.11 Å². The van der Waals surface area contributed by atoms with Crippen LogP contribution in [0.4, 0.5) is 0 Å². The molecular weight excluding hydrogens is 256 g/mol. The van der Waals surface area contributed by atoms with Crippen LogP contribution >= 0.6 is 11.3 Å². The average Bonchev–Trinajstić information content (AvgIpc) is 2.84. The lowest BCUT2D eigenvalue weighted by molar-refractivity contribution is 0.0600. The summed E-state index contributed by atoms with van der Waals surface area (Å²) in [5.74, 6) is -1.87. The second-order valence-corrected chi connectivity index (χ2v) is 4.21. The minimum absolute atomic E-state index is 0.00412. The molecule has 2 heterocycles. The van der Waals surface area contributed by atoms with Crippen LogP contribution in [-0.4, -0.2) is 34.1 Å². The fourth-order valence-electron chi connectivity index (χ4n) is 1.31. The molecule has 92 valence electrons. The minimum atomic E-state index is -1.21. The molecule has 2 aromatic rings. The van der Waals surface area contributed by atoms with Crippen LogP contribution < -0.4 is 0 Å². The zero-order valence-electron chi connectivity index (χ0n) is 9.28. The van der Waals surface area contributed by atoms with Crippen LogP contribution in [0.25, 0.3) is 10.6 Å². The third-order valence-electron chi connectivity index (χ3n) is 2.09. The summed E-state index contributed by atoms with van der Waals surface area (Å²) in [4.78, 5) is 30.6. The number of carboxylic acids is 1. The SMILES string of the molecule is COC(=O)c1nc(C(=O)O)c(-c2ccccn2)s1. The Hall–Kier alpha value is -2.28. The molecule has 0 atom stereocenters. The van der Waals surface area contributed by atoms with Crippen molar-refractivity contribution in [3.05, 3.63) is 35.1 Å². The molecule has 0 aliphatic rings. The second-order valence-electron chi connectivity index (χ2n) is 3.21. The highest BCUT2D eigenvalue weighted by molar-refractivity contribution is 7.17. The first-order chi connectivity index (χ1) is 8.63. The van der Waals surface area contributed by atoms with Crippen molar-refractivity contribution in [1.29, 1.82) is 0 Å². The van der Waals surface area contributed by atoms with Crippen LogP contribution in [-0.2, 0) is 4.74 Å². The largest absolute Gasteiger partial charge is 0.476 e. The Kier molecular flexibility index (Phi) is 3.33. The van der Waals surface area contributed by atoms with Crippen LogP contribution in [0.2, 0.25) is 0 Å². The summed E-state index contributed by atoms with van der Waals surface area (Å²) < 4.78 is 4.52. The molecule has 0 spiro atoms. The van der Waals surface area contributed by atoms with Crippen LogP contribution in [0.15, 0.2) is 24.4 Å². The lowest BCUT2D eigenvalue weighted by atomic mass is 10.2. The number of ether oxygens (including phenoxy) is 1. The van der Waals surface area contributed by atoms with Gasteiger partial charge in [0.25, 0.3) is 0 Å². The standard InChI is InChI=1S/C11H8N2O4S/c1-17-11(16)9-13-7(10(14)15)8(18-9)6-4-2-3-5-12-6/h2-5H,1H3,(H,14,15). The molecule has 0 unspecified atom stereocenters. The fraction of sp³-hybridized carbons (Fsp3) is 0.0909. The molecule has 18 heavy (non-hydrogen) atoms. The third kappa shape index (κ3) is 2.21. The van der Waals surface area contributed by atoms with Crippen molar-refractivity contribution in [2.75, 3.05) is 7.11 Å². The van der Waals surface area contributed by atoms with Gasteiger partial charge in [0.05, 0.1) is 17.7 Å². The van der Waals surface area contributed by atoms with E-state index in [0.29, 0.717) is 10.6 Å². The maximum absolute atomic E-state index is 11.3. The number of pyridine rings is 1. The molecule has 0 radical (unpaired) electrons.